The lowest BCUT2D eigenvalue weighted by Crippen LogP contribution is -2.19. The molecular weight excluding hydrogens is 286 g/mol. The highest BCUT2D eigenvalue weighted by Crippen LogP contribution is 2.09. The highest BCUT2D eigenvalue weighted by atomic mass is 16.2. The van der Waals surface area contributed by atoms with Gasteiger partial charge < -0.3 is 0 Å². The van der Waals surface area contributed by atoms with Crippen LogP contribution in [0.2, 0.25) is 0 Å². The number of pyridine rings is 1. The number of carbonyl (C=O) groups excluding carboxylic acids is 1. The van der Waals surface area contributed by atoms with E-state index in [0.29, 0.717) is 5.56 Å². The molecule has 2 aromatic rings. The molecule has 0 unspecified atom stereocenters. The van der Waals surface area contributed by atoms with Crippen LogP contribution in [0.15, 0.2) is 53.9 Å². The van der Waals surface area contributed by atoms with Crippen molar-refractivity contribution in [2.24, 2.45) is 5.10 Å². The number of hydrazone groups is 1. The number of unbranched alkanes of at least 4 members (excludes halogenated alkanes) is 2. The number of benzene rings is 1. The Kier molecular flexibility index (Phi) is 6.48. The van der Waals surface area contributed by atoms with Crippen molar-refractivity contribution in [3.05, 3.63) is 65.5 Å². The number of aromatic nitrogens is 1. The van der Waals surface area contributed by atoms with Gasteiger partial charge in [0.2, 0.25) is 0 Å². The third kappa shape index (κ3) is 5.33. The molecule has 120 valence electrons. The number of amides is 1. The maximum Gasteiger partial charge on any atom is 0.272 e. The van der Waals surface area contributed by atoms with E-state index < -0.39 is 0 Å². The summed E-state index contributed by atoms with van der Waals surface area (Å²) >= 11 is 0. The van der Waals surface area contributed by atoms with E-state index in [-0.39, 0.29) is 5.91 Å². The molecule has 2 rings (SSSR count). The van der Waals surface area contributed by atoms with Crippen molar-refractivity contribution in [2.45, 2.75) is 39.5 Å². The molecule has 1 amide bonds. The van der Waals surface area contributed by atoms with E-state index in [0.717, 1.165) is 17.7 Å². The van der Waals surface area contributed by atoms with Crippen molar-refractivity contribution in [1.29, 1.82) is 0 Å². The maximum absolute atomic E-state index is 11.9. The van der Waals surface area contributed by atoms with Crippen LogP contribution in [0.5, 0.6) is 0 Å². The van der Waals surface area contributed by atoms with E-state index in [4.69, 9.17) is 0 Å². The Hall–Kier alpha value is -2.49. The first-order valence-electron chi connectivity index (χ1n) is 8.04. The molecule has 1 aromatic carbocycles. The molecule has 0 saturated carbocycles. The summed E-state index contributed by atoms with van der Waals surface area (Å²) in [5.41, 5.74) is 6.19. The number of hydrogen-bond donors (Lipinski definition) is 1. The zero-order valence-electron chi connectivity index (χ0n) is 13.7. The van der Waals surface area contributed by atoms with Gasteiger partial charge in [0, 0.05) is 12.4 Å². The highest BCUT2D eigenvalue weighted by molar-refractivity contribution is 6.00. The van der Waals surface area contributed by atoms with Crippen LogP contribution in [-0.4, -0.2) is 16.6 Å². The Morgan fingerprint density at radius 3 is 2.57 bits per heavy atom. The number of hydrogen-bond acceptors (Lipinski definition) is 3. The third-order valence-corrected chi connectivity index (χ3v) is 3.69. The normalized spacial score (nSPS) is 11.3. The summed E-state index contributed by atoms with van der Waals surface area (Å²) in [5, 5.41) is 4.17. The van der Waals surface area contributed by atoms with Gasteiger partial charge in [-0.25, -0.2) is 5.43 Å². The quantitative estimate of drug-likeness (QED) is 0.478. The van der Waals surface area contributed by atoms with E-state index in [9.17, 15) is 4.79 Å². The van der Waals surface area contributed by atoms with Crippen molar-refractivity contribution in [3.8, 4) is 0 Å². The van der Waals surface area contributed by atoms with E-state index in [2.05, 4.69) is 46.7 Å². The summed E-state index contributed by atoms with van der Waals surface area (Å²) in [6, 6.07) is 11.8. The Morgan fingerprint density at radius 1 is 1.13 bits per heavy atom. The van der Waals surface area contributed by atoms with Crippen LogP contribution in [0.1, 0.15) is 54.6 Å². The van der Waals surface area contributed by atoms with Gasteiger partial charge in [-0.3, -0.25) is 9.78 Å². The highest BCUT2D eigenvalue weighted by Gasteiger charge is 2.04. The molecule has 0 saturated heterocycles. The van der Waals surface area contributed by atoms with Crippen molar-refractivity contribution in [1.82, 2.24) is 10.4 Å². The molecule has 0 spiro atoms. The van der Waals surface area contributed by atoms with Crippen LogP contribution < -0.4 is 5.43 Å². The smallest absolute Gasteiger partial charge is 0.267 e. The van der Waals surface area contributed by atoms with Crippen molar-refractivity contribution in [3.63, 3.8) is 0 Å². The van der Waals surface area contributed by atoms with Gasteiger partial charge in [0.15, 0.2) is 0 Å². The fourth-order valence-electron chi connectivity index (χ4n) is 2.25. The number of aryl methyl sites for hydroxylation is 1. The number of rotatable bonds is 7. The fourth-order valence-corrected chi connectivity index (χ4v) is 2.25. The van der Waals surface area contributed by atoms with E-state index in [1.165, 1.54) is 31.0 Å². The summed E-state index contributed by atoms with van der Waals surface area (Å²) in [5.74, 6) is -0.256. The molecule has 0 bridgehead atoms. The molecule has 1 N–H and O–H groups in total. The summed E-state index contributed by atoms with van der Waals surface area (Å²) < 4.78 is 0. The first-order valence-corrected chi connectivity index (χ1v) is 8.04. The lowest BCUT2D eigenvalue weighted by molar-refractivity contribution is 0.0954. The van der Waals surface area contributed by atoms with Crippen LogP contribution >= 0.6 is 0 Å². The minimum absolute atomic E-state index is 0.256. The van der Waals surface area contributed by atoms with Crippen molar-refractivity contribution >= 4 is 11.6 Å². The average Bonchev–Trinajstić information content (AvgIpc) is 2.61. The zero-order chi connectivity index (χ0) is 16.5. The minimum Gasteiger partial charge on any atom is -0.267 e. The monoisotopic (exact) mass is 309 g/mol. The SMILES string of the molecule is CCCCCc1ccc(C(C)=NNC(=O)c2cccnc2)cc1. The molecule has 23 heavy (non-hydrogen) atoms. The van der Waals surface area contributed by atoms with Crippen molar-refractivity contribution < 1.29 is 4.79 Å². The molecule has 4 nitrogen and oxygen atoms in total. The first-order chi connectivity index (χ1) is 11.2. The molecule has 0 aliphatic carbocycles. The second kappa shape index (κ2) is 8.83. The van der Waals surface area contributed by atoms with Crippen LogP contribution in [0.3, 0.4) is 0 Å². The largest absolute Gasteiger partial charge is 0.272 e. The van der Waals surface area contributed by atoms with Gasteiger partial charge in [-0.05, 0) is 43.0 Å². The van der Waals surface area contributed by atoms with Gasteiger partial charge in [-0.1, -0.05) is 44.0 Å². The molecule has 0 aliphatic rings. The predicted molar refractivity (Wildman–Crippen MR) is 93.6 cm³/mol. The van der Waals surface area contributed by atoms with Gasteiger partial charge in [0.25, 0.3) is 5.91 Å². The Bertz CT molecular complexity index is 648. The van der Waals surface area contributed by atoms with Crippen LogP contribution in [0.25, 0.3) is 0 Å². The lowest BCUT2D eigenvalue weighted by atomic mass is 10.0. The number of nitrogens with zero attached hydrogens (tertiary/aromatic N) is 2. The van der Waals surface area contributed by atoms with E-state index in [1.54, 1.807) is 18.3 Å². The van der Waals surface area contributed by atoms with Gasteiger partial charge >= 0.3 is 0 Å². The average molecular weight is 309 g/mol. The Balaban J connectivity index is 1.94. The fraction of sp³-hybridized carbons (Fsp3) is 0.316. The molecule has 0 radical (unpaired) electrons. The second-order valence-electron chi connectivity index (χ2n) is 5.53. The van der Waals surface area contributed by atoms with Crippen LogP contribution in [0, 0.1) is 0 Å². The Morgan fingerprint density at radius 2 is 1.91 bits per heavy atom. The van der Waals surface area contributed by atoms with Gasteiger partial charge in [-0.2, -0.15) is 5.10 Å². The van der Waals surface area contributed by atoms with Gasteiger partial charge in [-0.15, -0.1) is 0 Å². The topological polar surface area (TPSA) is 54.4 Å². The minimum atomic E-state index is -0.256. The standard InChI is InChI=1S/C19H23N3O/c1-3-4-5-7-16-9-11-17(12-10-16)15(2)21-22-19(23)18-8-6-13-20-14-18/h6,8-14H,3-5,7H2,1-2H3,(H,22,23). The lowest BCUT2D eigenvalue weighted by Gasteiger charge is -2.05. The van der Waals surface area contributed by atoms with Gasteiger partial charge in [0.1, 0.15) is 0 Å². The summed E-state index contributed by atoms with van der Waals surface area (Å²) in [6.45, 7) is 4.10. The molecule has 0 aliphatic heterocycles. The number of carbonyl (C=O) groups is 1. The molecular formula is C19H23N3O. The van der Waals surface area contributed by atoms with Crippen LogP contribution in [-0.2, 0) is 6.42 Å². The molecule has 0 atom stereocenters. The molecule has 1 aromatic heterocycles. The summed E-state index contributed by atoms with van der Waals surface area (Å²) in [7, 11) is 0. The second-order valence-corrected chi connectivity index (χ2v) is 5.53. The Labute approximate surface area is 137 Å². The molecule has 0 fully saturated rings. The van der Waals surface area contributed by atoms with Crippen LogP contribution in [0.4, 0.5) is 0 Å². The molecule has 1 heterocycles. The summed E-state index contributed by atoms with van der Waals surface area (Å²) in [4.78, 5) is 15.8. The van der Waals surface area contributed by atoms with Crippen molar-refractivity contribution in [2.75, 3.05) is 0 Å². The summed E-state index contributed by atoms with van der Waals surface area (Å²) in [6.07, 6.45) is 7.99. The zero-order valence-corrected chi connectivity index (χ0v) is 13.7. The first kappa shape index (κ1) is 16.9. The molecule has 4 heteroatoms. The van der Waals surface area contributed by atoms with E-state index in [1.807, 2.05) is 6.92 Å². The number of nitrogens with one attached hydrogen (secondary N) is 1. The predicted octanol–water partition coefficient (Wildman–Crippen LogP) is 3.97. The van der Waals surface area contributed by atoms with E-state index >= 15 is 0 Å². The third-order valence-electron chi connectivity index (χ3n) is 3.69. The van der Waals surface area contributed by atoms with Gasteiger partial charge in [0.05, 0.1) is 11.3 Å². The maximum atomic E-state index is 11.9.